The first-order valence-corrected chi connectivity index (χ1v) is 11.5. The van der Waals surface area contributed by atoms with Crippen molar-refractivity contribution in [2.45, 2.75) is 65.7 Å². The average Bonchev–Trinajstić information content (AvgIpc) is 2.56. The molecule has 0 amide bonds. The molecule has 0 saturated carbocycles. The smallest absolute Gasteiger partial charge is 0.327 e. The first kappa shape index (κ1) is 24.6. The Hall–Kier alpha value is -1.42. The van der Waals surface area contributed by atoms with Crippen LogP contribution in [-0.4, -0.2) is 31.3 Å². The van der Waals surface area contributed by atoms with Crippen LogP contribution in [0, 0.1) is 0 Å². The monoisotopic (exact) mass is 410 g/mol. The van der Waals surface area contributed by atoms with E-state index >= 15 is 0 Å². The Kier molecular flexibility index (Phi) is 7.86. The maximum Gasteiger partial charge on any atom is 0.327 e. The fraction of sp³-hybridized carbons (Fsp3) is 0.591. The highest BCUT2D eigenvalue weighted by atomic mass is 31.2. The number of rotatable bonds is 7. The van der Waals surface area contributed by atoms with Gasteiger partial charge in [0.2, 0.25) is 0 Å². The Balaban J connectivity index is 3.40. The Labute approximate surface area is 169 Å². The summed E-state index contributed by atoms with van der Waals surface area (Å²) in [6.07, 6.45) is 2.34. The molecule has 1 N–H and O–H groups in total. The second kappa shape index (κ2) is 8.94. The minimum Gasteiger partial charge on any atom is -0.507 e. The molecule has 5 nitrogen and oxygen atoms in total. The van der Waals surface area contributed by atoms with Gasteiger partial charge in [0.25, 0.3) is 0 Å². The van der Waals surface area contributed by atoms with E-state index < -0.39 is 7.60 Å². The third-order valence-corrected chi connectivity index (χ3v) is 5.85. The summed E-state index contributed by atoms with van der Waals surface area (Å²) >= 11 is 0. The lowest BCUT2D eigenvalue weighted by molar-refractivity contribution is -0.117. The molecule has 6 heteroatoms. The van der Waals surface area contributed by atoms with Crippen LogP contribution in [0.1, 0.15) is 71.6 Å². The minimum atomic E-state index is -3.21. The number of hydrogen-bond acceptors (Lipinski definition) is 5. The molecular formula is C22H35O5P. The third kappa shape index (κ3) is 6.58. The van der Waals surface area contributed by atoms with Crippen LogP contribution in [0.15, 0.2) is 17.7 Å². The van der Waals surface area contributed by atoms with Gasteiger partial charge in [0, 0.05) is 24.9 Å². The molecule has 0 spiro atoms. The number of benzene rings is 1. The highest BCUT2D eigenvalue weighted by Gasteiger charge is 2.26. The average molecular weight is 410 g/mol. The highest BCUT2D eigenvalue weighted by molar-refractivity contribution is 7.52. The van der Waals surface area contributed by atoms with E-state index in [9.17, 15) is 14.5 Å². The number of carbonyl (C=O) groups excluding carboxylic acids is 1. The molecule has 28 heavy (non-hydrogen) atoms. The molecule has 0 heterocycles. The molecule has 1 aromatic rings. The lowest BCUT2D eigenvalue weighted by atomic mass is 9.78. The second-order valence-electron chi connectivity index (χ2n) is 9.14. The van der Waals surface area contributed by atoms with Gasteiger partial charge in [-0.05, 0) is 46.6 Å². The molecule has 158 valence electrons. The molecule has 1 aromatic carbocycles. The van der Waals surface area contributed by atoms with Crippen molar-refractivity contribution in [2.75, 3.05) is 20.4 Å². The zero-order chi connectivity index (χ0) is 21.9. The van der Waals surface area contributed by atoms with Gasteiger partial charge >= 0.3 is 7.60 Å². The summed E-state index contributed by atoms with van der Waals surface area (Å²) in [7, 11) is -1.92. The van der Waals surface area contributed by atoms with E-state index in [0.717, 1.165) is 16.7 Å². The van der Waals surface area contributed by atoms with E-state index in [-0.39, 0.29) is 23.2 Å². The fourth-order valence-electron chi connectivity index (χ4n) is 2.79. The summed E-state index contributed by atoms with van der Waals surface area (Å²) in [6, 6.07) is 3.85. The summed E-state index contributed by atoms with van der Waals surface area (Å²) in [5, 5.41) is 10.8. The first-order chi connectivity index (χ1) is 12.6. The van der Waals surface area contributed by atoms with E-state index in [1.165, 1.54) is 13.8 Å². The van der Waals surface area contributed by atoms with Crippen molar-refractivity contribution in [3.8, 4) is 5.75 Å². The maximum atomic E-state index is 12.6. The van der Waals surface area contributed by atoms with Gasteiger partial charge in [-0.2, -0.15) is 0 Å². The van der Waals surface area contributed by atoms with Gasteiger partial charge in [0.1, 0.15) is 12.4 Å². The van der Waals surface area contributed by atoms with E-state index in [4.69, 9.17) is 9.05 Å². The molecule has 0 aliphatic carbocycles. The van der Waals surface area contributed by atoms with Crippen LogP contribution in [0.2, 0.25) is 0 Å². The summed E-state index contributed by atoms with van der Waals surface area (Å²) in [5.41, 5.74) is 2.60. The van der Waals surface area contributed by atoms with E-state index in [0.29, 0.717) is 17.7 Å². The van der Waals surface area contributed by atoms with Gasteiger partial charge in [-0.25, -0.2) is 0 Å². The Morgan fingerprint density at radius 2 is 1.57 bits per heavy atom. The SMILES string of the molecule is CCC(=Cc1cc(C(C)(C)C)c(O)c(C(C)(C)C)c1)C(=O)COP(C)(=O)OC. The molecule has 1 unspecified atom stereocenters. The number of phenolic OH excluding ortho intramolecular Hbond substituents is 1. The van der Waals surface area contributed by atoms with Gasteiger partial charge in [-0.1, -0.05) is 48.5 Å². The van der Waals surface area contributed by atoms with Crippen molar-refractivity contribution >= 4 is 19.5 Å². The first-order valence-electron chi connectivity index (χ1n) is 9.52. The van der Waals surface area contributed by atoms with Gasteiger partial charge in [0.05, 0.1) is 0 Å². The molecule has 0 aliphatic rings. The summed E-state index contributed by atoms with van der Waals surface area (Å²) < 4.78 is 21.8. The van der Waals surface area contributed by atoms with Crippen LogP contribution in [0.3, 0.4) is 0 Å². The number of carbonyl (C=O) groups is 1. The van der Waals surface area contributed by atoms with Crippen molar-refractivity contribution in [2.24, 2.45) is 0 Å². The highest BCUT2D eigenvalue weighted by Crippen LogP contribution is 2.43. The number of aromatic hydroxyl groups is 1. The van der Waals surface area contributed by atoms with Crippen LogP contribution in [0.5, 0.6) is 5.75 Å². The van der Waals surface area contributed by atoms with E-state index in [1.54, 1.807) is 0 Å². The lowest BCUT2D eigenvalue weighted by Crippen LogP contribution is -2.17. The third-order valence-electron chi connectivity index (χ3n) is 4.59. The van der Waals surface area contributed by atoms with Crippen LogP contribution < -0.4 is 0 Å². The van der Waals surface area contributed by atoms with E-state index in [1.807, 2.05) is 66.7 Å². The fourth-order valence-corrected chi connectivity index (χ4v) is 3.24. The molecule has 0 aromatic heterocycles. The Bertz CT molecular complexity index is 759. The van der Waals surface area contributed by atoms with Gasteiger partial charge in [-0.15, -0.1) is 0 Å². The second-order valence-corrected chi connectivity index (χ2v) is 11.3. The predicted molar refractivity (Wildman–Crippen MR) is 115 cm³/mol. The minimum absolute atomic E-state index is 0.232. The van der Waals surface area contributed by atoms with Gasteiger partial charge in [0.15, 0.2) is 5.78 Å². The molecule has 0 radical (unpaired) electrons. The standard InChI is InChI=1S/C22H35O5P/c1-10-16(19(23)14-27-28(9,25)26-8)11-15-12-17(21(2,3)4)20(24)18(13-15)22(5,6)7/h11-13,24H,10,14H2,1-9H3. The predicted octanol–water partition coefficient (Wildman–Crippen LogP) is 5.84. The number of hydrogen-bond donors (Lipinski definition) is 1. The molecular weight excluding hydrogens is 375 g/mol. The van der Waals surface area contributed by atoms with Crippen molar-refractivity contribution in [1.82, 2.24) is 0 Å². The Morgan fingerprint density at radius 1 is 1.11 bits per heavy atom. The summed E-state index contributed by atoms with van der Waals surface area (Å²) in [6.45, 7) is 15.2. The summed E-state index contributed by atoms with van der Waals surface area (Å²) in [4.78, 5) is 12.6. The number of Topliss-reactive ketones (excluding diaryl/α,β-unsaturated/α-hetero) is 1. The van der Waals surface area contributed by atoms with Gasteiger partial charge < -0.3 is 14.2 Å². The molecule has 1 rings (SSSR count). The summed E-state index contributed by atoms with van der Waals surface area (Å²) in [5.74, 6) is 0.0705. The quantitative estimate of drug-likeness (QED) is 0.452. The van der Waals surface area contributed by atoms with Crippen LogP contribution in [-0.2, 0) is 29.2 Å². The molecule has 0 bridgehead atoms. The Morgan fingerprint density at radius 3 is 1.93 bits per heavy atom. The lowest BCUT2D eigenvalue weighted by Gasteiger charge is -2.28. The largest absolute Gasteiger partial charge is 0.507 e. The zero-order valence-electron chi connectivity index (χ0n) is 18.7. The van der Waals surface area contributed by atoms with Crippen LogP contribution >= 0.6 is 7.60 Å². The van der Waals surface area contributed by atoms with Crippen LogP contribution in [0.25, 0.3) is 6.08 Å². The van der Waals surface area contributed by atoms with Crippen molar-refractivity contribution in [1.29, 1.82) is 0 Å². The normalized spacial score (nSPS) is 15.4. The maximum absolute atomic E-state index is 12.6. The van der Waals surface area contributed by atoms with Gasteiger partial charge in [-0.3, -0.25) is 9.36 Å². The number of ketones is 1. The molecule has 0 fully saturated rings. The van der Waals surface area contributed by atoms with E-state index in [2.05, 4.69) is 0 Å². The molecule has 0 saturated heterocycles. The molecule has 0 aliphatic heterocycles. The van der Waals surface area contributed by atoms with Crippen molar-refractivity contribution < 1.29 is 23.5 Å². The van der Waals surface area contributed by atoms with Crippen LogP contribution in [0.4, 0.5) is 0 Å². The zero-order valence-corrected chi connectivity index (χ0v) is 19.6. The van der Waals surface area contributed by atoms with Crippen molar-refractivity contribution in [3.63, 3.8) is 0 Å². The topological polar surface area (TPSA) is 72.8 Å². The molecule has 1 atom stereocenters. The van der Waals surface area contributed by atoms with Crippen molar-refractivity contribution in [3.05, 3.63) is 34.4 Å². The number of phenols is 1.